The Morgan fingerprint density at radius 2 is 1.55 bits per heavy atom. The Hall–Kier alpha value is -2.66. The third kappa shape index (κ3) is 6.44. The van der Waals surface area contributed by atoms with Crippen molar-refractivity contribution in [1.82, 2.24) is 5.32 Å². The van der Waals surface area contributed by atoms with Crippen LogP contribution in [0, 0.1) is 0 Å². The molecule has 0 aliphatic rings. The van der Waals surface area contributed by atoms with Crippen molar-refractivity contribution in [1.29, 1.82) is 0 Å². The Balaban J connectivity index is 1.83. The molecule has 3 rings (SSSR count). The van der Waals surface area contributed by atoms with Crippen LogP contribution < -0.4 is 10.1 Å². The van der Waals surface area contributed by atoms with E-state index in [0.717, 1.165) is 27.6 Å². The molecule has 0 radical (unpaired) electrons. The predicted molar refractivity (Wildman–Crippen MR) is 132 cm³/mol. The highest BCUT2D eigenvalue weighted by Gasteiger charge is 2.31. The molecule has 0 spiro atoms. The van der Waals surface area contributed by atoms with Gasteiger partial charge in [0.2, 0.25) is 5.91 Å². The van der Waals surface area contributed by atoms with Gasteiger partial charge in [-0.1, -0.05) is 54.6 Å². The smallest absolute Gasteiger partial charge is 0.333 e. The number of carbonyl (C=O) groups is 1. The van der Waals surface area contributed by atoms with Crippen LogP contribution >= 0.6 is 7.60 Å². The lowest BCUT2D eigenvalue weighted by atomic mass is 9.96. The zero-order valence-corrected chi connectivity index (χ0v) is 20.5. The van der Waals surface area contributed by atoms with Crippen LogP contribution in [-0.2, 0) is 18.4 Å². The molecule has 0 aromatic heterocycles. The van der Waals surface area contributed by atoms with Gasteiger partial charge in [-0.05, 0) is 54.8 Å². The zero-order chi connectivity index (χ0) is 23.8. The zero-order valence-electron chi connectivity index (χ0n) is 19.6. The molecule has 7 heteroatoms. The van der Waals surface area contributed by atoms with Gasteiger partial charge >= 0.3 is 7.60 Å². The van der Waals surface area contributed by atoms with Gasteiger partial charge in [0.1, 0.15) is 5.75 Å². The lowest BCUT2D eigenvalue weighted by molar-refractivity contribution is -0.122. The number of benzene rings is 3. The molecule has 0 unspecified atom stereocenters. The maximum absolute atomic E-state index is 13.3. The highest BCUT2D eigenvalue weighted by molar-refractivity contribution is 7.53. The molecule has 0 saturated carbocycles. The summed E-state index contributed by atoms with van der Waals surface area (Å²) >= 11 is 0. The molecule has 0 fully saturated rings. The fourth-order valence-electron chi connectivity index (χ4n) is 3.77. The van der Waals surface area contributed by atoms with Crippen LogP contribution in [0.4, 0.5) is 0 Å². The lowest BCUT2D eigenvalue weighted by Crippen LogP contribution is -2.34. The fraction of sp³-hybridized carbons (Fsp3) is 0.346. The van der Waals surface area contributed by atoms with Gasteiger partial charge in [0.05, 0.1) is 38.4 Å². The molecule has 1 N–H and O–H groups in total. The van der Waals surface area contributed by atoms with Crippen LogP contribution in [-0.4, -0.2) is 32.4 Å². The van der Waals surface area contributed by atoms with Gasteiger partial charge in [-0.25, -0.2) is 0 Å². The van der Waals surface area contributed by atoms with E-state index in [1.807, 2.05) is 73.7 Å². The molecular weight excluding hydrogens is 437 g/mol. The van der Waals surface area contributed by atoms with Gasteiger partial charge in [0.25, 0.3) is 0 Å². The second-order valence-electron chi connectivity index (χ2n) is 7.80. The molecule has 0 aliphatic heterocycles. The normalized spacial score (nSPS) is 13.5. The topological polar surface area (TPSA) is 73.9 Å². The summed E-state index contributed by atoms with van der Waals surface area (Å²) in [6, 6.07) is 20.8. The van der Waals surface area contributed by atoms with Crippen LogP contribution in [0.15, 0.2) is 66.7 Å². The summed E-state index contributed by atoms with van der Waals surface area (Å²) in [6.45, 7) is 5.96. The SMILES string of the molecule is CCOP(=O)(C[C@H](NC(=O)[C@H](C)c1ccc2cc(OC)ccc2c1)c1ccccc1)OCC. The van der Waals surface area contributed by atoms with Gasteiger partial charge in [0, 0.05) is 0 Å². The first-order valence-corrected chi connectivity index (χ1v) is 12.9. The first kappa shape index (κ1) is 25.0. The number of rotatable bonds is 11. The van der Waals surface area contributed by atoms with E-state index in [4.69, 9.17) is 13.8 Å². The number of hydrogen-bond donors (Lipinski definition) is 1. The predicted octanol–water partition coefficient (Wildman–Crippen LogP) is 6.08. The summed E-state index contributed by atoms with van der Waals surface area (Å²) in [4.78, 5) is 13.3. The maximum atomic E-state index is 13.3. The Morgan fingerprint density at radius 1 is 0.909 bits per heavy atom. The second kappa shape index (κ2) is 11.5. The van der Waals surface area contributed by atoms with Crippen LogP contribution in [0.2, 0.25) is 0 Å². The highest BCUT2D eigenvalue weighted by atomic mass is 31.2. The van der Waals surface area contributed by atoms with Crippen LogP contribution in [0.3, 0.4) is 0 Å². The molecule has 176 valence electrons. The van der Waals surface area contributed by atoms with Crippen LogP contribution in [0.5, 0.6) is 5.75 Å². The van der Waals surface area contributed by atoms with E-state index in [0.29, 0.717) is 0 Å². The molecular formula is C26H32NO5P. The minimum Gasteiger partial charge on any atom is -0.497 e. The van der Waals surface area contributed by atoms with E-state index in [1.54, 1.807) is 21.0 Å². The average Bonchev–Trinajstić information content (AvgIpc) is 2.83. The Labute approximate surface area is 195 Å². The third-order valence-electron chi connectivity index (χ3n) is 5.54. The van der Waals surface area contributed by atoms with E-state index >= 15 is 0 Å². The monoisotopic (exact) mass is 469 g/mol. The Kier molecular flexibility index (Phi) is 8.67. The summed E-state index contributed by atoms with van der Waals surface area (Å²) in [5, 5.41) is 5.16. The first-order chi connectivity index (χ1) is 15.9. The standard InChI is InChI=1S/C26H32NO5P/c1-5-31-33(29,32-6-2)18-25(20-10-8-7-9-11-20)27-26(28)19(3)21-12-13-23-17-24(30-4)15-14-22(23)16-21/h7-17,19,25H,5-6,18H2,1-4H3,(H,27,28)/t19-,25+/m1/s1. The van der Waals surface area contributed by atoms with E-state index in [1.165, 1.54) is 0 Å². The first-order valence-electron chi connectivity index (χ1n) is 11.2. The van der Waals surface area contributed by atoms with Crippen LogP contribution in [0.1, 0.15) is 43.9 Å². The van der Waals surface area contributed by atoms with Crippen molar-refractivity contribution < 1.29 is 23.1 Å². The van der Waals surface area contributed by atoms with Crippen molar-refractivity contribution in [3.8, 4) is 5.75 Å². The van der Waals surface area contributed by atoms with Crippen molar-refractivity contribution >= 4 is 24.3 Å². The van der Waals surface area contributed by atoms with E-state index in [9.17, 15) is 9.36 Å². The number of nitrogens with one attached hydrogen (secondary N) is 1. The fourth-order valence-corrected chi connectivity index (χ4v) is 5.59. The van der Waals surface area contributed by atoms with Gasteiger partial charge in [-0.15, -0.1) is 0 Å². The average molecular weight is 470 g/mol. The minimum absolute atomic E-state index is 0.0642. The number of ether oxygens (including phenoxy) is 1. The molecule has 3 aromatic carbocycles. The van der Waals surface area contributed by atoms with Gasteiger partial charge < -0.3 is 19.1 Å². The van der Waals surface area contributed by atoms with E-state index < -0.39 is 19.6 Å². The molecule has 6 nitrogen and oxygen atoms in total. The Morgan fingerprint density at radius 3 is 2.18 bits per heavy atom. The number of carbonyl (C=O) groups excluding carboxylic acids is 1. The largest absolute Gasteiger partial charge is 0.497 e. The molecule has 0 heterocycles. The third-order valence-corrected chi connectivity index (χ3v) is 7.66. The van der Waals surface area contributed by atoms with Gasteiger partial charge in [-0.2, -0.15) is 0 Å². The van der Waals surface area contributed by atoms with Crippen molar-refractivity contribution in [2.24, 2.45) is 0 Å². The molecule has 3 aromatic rings. The second-order valence-corrected chi connectivity index (χ2v) is 9.90. The summed E-state index contributed by atoms with van der Waals surface area (Å²) in [5.74, 6) is 0.234. The summed E-state index contributed by atoms with van der Waals surface area (Å²) in [6.07, 6.45) is 0.0642. The van der Waals surface area contributed by atoms with E-state index in [-0.39, 0.29) is 25.3 Å². The quantitative estimate of drug-likeness (QED) is 0.345. The Bertz CT molecular complexity index is 1110. The van der Waals surface area contributed by atoms with Crippen molar-refractivity contribution in [2.75, 3.05) is 26.5 Å². The number of hydrogen-bond acceptors (Lipinski definition) is 5. The molecule has 1 amide bonds. The minimum atomic E-state index is -3.37. The van der Waals surface area contributed by atoms with E-state index in [2.05, 4.69) is 5.32 Å². The number of amides is 1. The number of fused-ring (bicyclic) bond motifs is 1. The molecule has 0 saturated heterocycles. The lowest BCUT2D eigenvalue weighted by Gasteiger charge is -2.26. The summed E-state index contributed by atoms with van der Waals surface area (Å²) in [5.41, 5.74) is 1.75. The van der Waals surface area contributed by atoms with Crippen molar-refractivity contribution in [2.45, 2.75) is 32.7 Å². The van der Waals surface area contributed by atoms with Crippen LogP contribution in [0.25, 0.3) is 10.8 Å². The molecule has 33 heavy (non-hydrogen) atoms. The highest BCUT2D eigenvalue weighted by Crippen LogP contribution is 2.50. The summed E-state index contributed by atoms with van der Waals surface area (Å²) < 4.78 is 29.5. The number of methoxy groups -OCH3 is 1. The molecule has 0 aliphatic carbocycles. The molecule has 2 atom stereocenters. The maximum Gasteiger partial charge on any atom is 0.333 e. The summed E-state index contributed by atoms with van der Waals surface area (Å²) in [7, 11) is -1.73. The van der Waals surface area contributed by atoms with Gasteiger partial charge in [-0.3, -0.25) is 9.36 Å². The van der Waals surface area contributed by atoms with Crippen molar-refractivity contribution in [3.63, 3.8) is 0 Å². The molecule has 0 bridgehead atoms. The van der Waals surface area contributed by atoms with Crippen molar-refractivity contribution in [3.05, 3.63) is 77.9 Å². The van der Waals surface area contributed by atoms with Gasteiger partial charge in [0.15, 0.2) is 0 Å².